The zero-order valence-corrected chi connectivity index (χ0v) is 19.0. The smallest absolute Gasteiger partial charge is 0.410 e. The lowest BCUT2D eigenvalue weighted by Gasteiger charge is -2.36. The molecule has 0 unspecified atom stereocenters. The highest BCUT2D eigenvalue weighted by Gasteiger charge is 2.28. The number of anilines is 1. The van der Waals surface area contributed by atoms with E-state index in [1.54, 1.807) is 4.90 Å². The lowest BCUT2D eigenvalue weighted by Crippen LogP contribution is -2.50. The van der Waals surface area contributed by atoms with Crippen LogP contribution in [0.3, 0.4) is 0 Å². The summed E-state index contributed by atoms with van der Waals surface area (Å²) >= 11 is 0. The predicted octanol–water partition coefficient (Wildman–Crippen LogP) is 3.03. The molecule has 0 atom stereocenters. The molecule has 1 saturated heterocycles. The minimum atomic E-state index is -0.473. The number of benzene rings is 1. The molecule has 0 bridgehead atoms. The maximum atomic E-state index is 12.3. The molecule has 2 aromatic rings. The van der Waals surface area contributed by atoms with Crippen LogP contribution >= 0.6 is 0 Å². The average molecular weight is 423 g/mol. The molecule has 1 amide bonds. The number of carbonyl (C=O) groups excluding carboxylic acids is 1. The molecule has 2 aliphatic rings. The van der Waals surface area contributed by atoms with Gasteiger partial charge in [0.2, 0.25) is 0 Å². The normalized spacial score (nSPS) is 16.6. The van der Waals surface area contributed by atoms with Crippen LogP contribution in [0.25, 0.3) is 0 Å². The molecule has 0 aliphatic carbocycles. The van der Waals surface area contributed by atoms with Crippen molar-refractivity contribution in [2.75, 3.05) is 37.6 Å². The number of hydrogen-bond donors (Lipinski definition) is 0. The number of amides is 1. The van der Waals surface area contributed by atoms with Crippen molar-refractivity contribution >= 4 is 18.1 Å². The summed E-state index contributed by atoms with van der Waals surface area (Å²) in [6, 6.07) is 10.5. The van der Waals surface area contributed by atoms with E-state index in [2.05, 4.69) is 40.0 Å². The van der Waals surface area contributed by atoms with Gasteiger partial charge in [0.15, 0.2) is 18.6 Å². The first kappa shape index (κ1) is 21.3. The molecule has 7 heteroatoms. The van der Waals surface area contributed by atoms with Crippen molar-refractivity contribution in [1.82, 2.24) is 14.9 Å². The summed E-state index contributed by atoms with van der Waals surface area (Å²) in [5.41, 5.74) is 3.78. The maximum absolute atomic E-state index is 12.3. The molecule has 1 fully saturated rings. The zero-order valence-electron chi connectivity index (χ0n) is 19.0. The molecule has 164 valence electrons. The van der Waals surface area contributed by atoms with Gasteiger partial charge in [0.05, 0.1) is 17.8 Å². The summed E-state index contributed by atoms with van der Waals surface area (Å²) in [7, 11) is 0. The molecule has 7 nitrogen and oxygen atoms in total. The monoisotopic (exact) mass is 422 g/mol. The summed E-state index contributed by atoms with van der Waals surface area (Å²) in [4.78, 5) is 26.2. The fraction of sp³-hybridized carbons (Fsp3) is 0.500. The van der Waals surface area contributed by atoms with Crippen molar-refractivity contribution in [2.24, 2.45) is 0 Å². The van der Waals surface area contributed by atoms with Gasteiger partial charge >= 0.3 is 6.09 Å². The minimum Gasteiger partial charge on any atom is -0.444 e. The number of nitrogens with zero attached hydrogens (tertiary/aromatic N) is 5. The second-order valence-electron chi connectivity index (χ2n) is 9.25. The van der Waals surface area contributed by atoms with Gasteiger partial charge in [-0.15, -0.1) is 0 Å². The van der Waals surface area contributed by atoms with E-state index in [-0.39, 0.29) is 6.09 Å². The SMILES string of the molecule is Cc1nc2c(nc1N1CCN(C(=O)OC(C)(C)C)CC1)CC[N+](Cc1ccccc1)=C2. The van der Waals surface area contributed by atoms with Crippen LogP contribution in [0.1, 0.15) is 43.4 Å². The third-order valence-corrected chi connectivity index (χ3v) is 5.55. The van der Waals surface area contributed by atoms with Gasteiger partial charge in [0.1, 0.15) is 17.8 Å². The van der Waals surface area contributed by atoms with Gasteiger partial charge in [-0.05, 0) is 27.7 Å². The molecule has 4 rings (SSSR count). The van der Waals surface area contributed by atoms with Crippen LogP contribution in [-0.2, 0) is 17.7 Å². The predicted molar refractivity (Wildman–Crippen MR) is 121 cm³/mol. The van der Waals surface area contributed by atoms with Crippen LogP contribution in [0.2, 0.25) is 0 Å². The van der Waals surface area contributed by atoms with E-state index >= 15 is 0 Å². The number of rotatable bonds is 3. The third-order valence-electron chi connectivity index (χ3n) is 5.55. The first-order valence-electron chi connectivity index (χ1n) is 11.0. The topological polar surface area (TPSA) is 61.6 Å². The highest BCUT2D eigenvalue weighted by molar-refractivity contribution is 5.76. The number of carbonyl (C=O) groups is 1. The highest BCUT2D eigenvalue weighted by atomic mass is 16.6. The van der Waals surface area contributed by atoms with Crippen molar-refractivity contribution in [2.45, 2.75) is 46.3 Å². The Morgan fingerprint density at radius 2 is 1.81 bits per heavy atom. The van der Waals surface area contributed by atoms with Crippen LogP contribution in [0.4, 0.5) is 10.6 Å². The second-order valence-corrected chi connectivity index (χ2v) is 9.25. The van der Waals surface area contributed by atoms with Crippen molar-refractivity contribution < 1.29 is 14.1 Å². The Balaban J connectivity index is 1.43. The first-order valence-corrected chi connectivity index (χ1v) is 11.0. The molecule has 0 N–H and O–H groups in total. The molecule has 3 heterocycles. The lowest BCUT2D eigenvalue weighted by atomic mass is 10.1. The Morgan fingerprint density at radius 1 is 1.10 bits per heavy atom. The molecule has 0 radical (unpaired) electrons. The van der Waals surface area contributed by atoms with E-state index in [0.717, 1.165) is 55.5 Å². The summed E-state index contributed by atoms with van der Waals surface area (Å²) in [5.74, 6) is 0.937. The van der Waals surface area contributed by atoms with Crippen LogP contribution in [0, 0.1) is 6.92 Å². The third kappa shape index (κ3) is 5.21. The standard InChI is InChI=1S/C24H32N5O2/c1-18-22(28-12-14-29(15-13-28)23(30)31-24(2,3)4)26-20-10-11-27(17-21(20)25-18)16-19-8-6-5-7-9-19/h5-9,17H,10-16H2,1-4H3/q+1. The largest absolute Gasteiger partial charge is 0.444 e. The number of hydrogen-bond acceptors (Lipinski definition) is 5. The fourth-order valence-corrected chi connectivity index (χ4v) is 4.01. The first-order chi connectivity index (χ1) is 14.8. The fourth-order valence-electron chi connectivity index (χ4n) is 4.01. The van der Waals surface area contributed by atoms with Crippen molar-refractivity contribution in [3.8, 4) is 0 Å². The highest BCUT2D eigenvalue weighted by Crippen LogP contribution is 2.22. The minimum absolute atomic E-state index is 0.242. The number of ether oxygens (including phenoxy) is 1. The number of fused-ring (bicyclic) bond motifs is 1. The van der Waals surface area contributed by atoms with Gasteiger partial charge < -0.3 is 14.5 Å². The van der Waals surface area contributed by atoms with E-state index in [0.29, 0.717) is 13.1 Å². The molecular formula is C24H32N5O2+. The van der Waals surface area contributed by atoms with Gasteiger partial charge in [0, 0.05) is 31.7 Å². The van der Waals surface area contributed by atoms with E-state index < -0.39 is 5.60 Å². The summed E-state index contributed by atoms with van der Waals surface area (Å²) in [6.45, 7) is 12.2. The summed E-state index contributed by atoms with van der Waals surface area (Å²) in [5, 5.41) is 0. The van der Waals surface area contributed by atoms with E-state index in [9.17, 15) is 4.79 Å². The van der Waals surface area contributed by atoms with Crippen molar-refractivity contribution in [1.29, 1.82) is 0 Å². The van der Waals surface area contributed by atoms with E-state index in [1.807, 2.05) is 33.8 Å². The number of aromatic nitrogens is 2. The Morgan fingerprint density at radius 3 is 2.48 bits per heavy atom. The summed E-state index contributed by atoms with van der Waals surface area (Å²) in [6.07, 6.45) is 2.78. The van der Waals surface area contributed by atoms with Crippen LogP contribution in [-0.4, -0.2) is 70.1 Å². The lowest BCUT2D eigenvalue weighted by molar-refractivity contribution is -0.540. The number of piperazine rings is 1. The van der Waals surface area contributed by atoms with Gasteiger partial charge in [-0.2, -0.15) is 0 Å². The van der Waals surface area contributed by atoms with E-state index in [4.69, 9.17) is 14.7 Å². The Kier molecular flexibility index (Phi) is 5.94. The van der Waals surface area contributed by atoms with E-state index in [1.165, 1.54) is 5.56 Å². The van der Waals surface area contributed by atoms with Crippen LogP contribution in [0.15, 0.2) is 30.3 Å². The maximum Gasteiger partial charge on any atom is 0.410 e. The molecule has 0 saturated carbocycles. The van der Waals surface area contributed by atoms with Gasteiger partial charge in [0.25, 0.3) is 0 Å². The molecule has 0 spiro atoms. The Hall–Kier alpha value is -2.96. The van der Waals surface area contributed by atoms with Gasteiger partial charge in [-0.1, -0.05) is 30.3 Å². The van der Waals surface area contributed by atoms with Crippen LogP contribution in [0.5, 0.6) is 0 Å². The molecule has 2 aliphatic heterocycles. The second kappa shape index (κ2) is 8.65. The van der Waals surface area contributed by atoms with Crippen molar-refractivity contribution in [3.05, 3.63) is 53.0 Å². The molecular weight excluding hydrogens is 390 g/mol. The summed E-state index contributed by atoms with van der Waals surface area (Å²) < 4.78 is 7.81. The number of aryl methyl sites for hydroxylation is 1. The Labute approximate surface area is 184 Å². The Bertz CT molecular complexity index is 973. The van der Waals surface area contributed by atoms with Crippen LogP contribution < -0.4 is 4.90 Å². The average Bonchev–Trinajstić information content (AvgIpc) is 2.73. The molecule has 1 aromatic carbocycles. The zero-order chi connectivity index (χ0) is 22.0. The molecule has 1 aromatic heterocycles. The van der Waals surface area contributed by atoms with Gasteiger partial charge in [-0.25, -0.2) is 19.3 Å². The molecule has 31 heavy (non-hydrogen) atoms. The van der Waals surface area contributed by atoms with Crippen molar-refractivity contribution in [3.63, 3.8) is 0 Å². The quantitative estimate of drug-likeness (QED) is 0.712. The van der Waals surface area contributed by atoms with Gasteiger partial charge in [-0.3, -0.25) is 0 Å².